The van der Waals surface area contributed by atoms with Crippen LogP contribution in [0, 0.1) is 47.3 Å². The Labute approximate surface area is 567 Å². The molecule has 0 radical (unpaired) electrons. The lowest BCUT2D eigenvalue weighted by atomic mass is 9.83. The first-order chi connectivity index (χ1) is 45.4. The Kier molecular flexibility index (Phi) is 30.6. The number of rotatable bonds is 38. The van der Waals surface area contributed by atoms with Crippen molar-refractivity contribution in [1.29, 1.82) is 0 Å². The lowest BCUT2D eigenvalue weighted by Gasteiger charge is -2.41. The number of ketones is 3. The van der Waals surface area contributed by atoms with Gasteiger partial charge in [0.2, 0.25) is 23.6 Å². The van der Waals surface area contributed by atoms with Gasteiger partial charge >= 0.3 is 6.09 Å². The number of likely N-dealkylation sites (tertiary alicyclic amines) is 1. The summed E-state index contributed by atoms with van der Waals surface area (Å²) in [7, 11) is 6.26. The number of Topliss-reactive ketones (excluding diaryl/α,β-unsaturated/α-hetero) is 3. The quantitative estimate of drug-likeness (QED) is 0.0356. The summed E-state index contributed by atoms with van der Waals surface area (Å²) in [5.41, 5.74) is 2.98. The second kappa shape index (κ2) is 37.2. The van der Waals surface area contributed by atoms with Gasteiger partial charge in [0.1, 0.15) is 31.4 Å². The Morgan fingerprint density at radius 3 is 1.88 bits per heavy atom. The molecule has 1 unspecified atom stereocenters. The monoisotopic (exact) mass is 1330 g/mol. The summed E-state index contributed by atoms with van der Waals surface area (Å²) in [5, 5.41) is 16.6. The highest BCUT2D eigenvalue weighted by Crippen LogP contribution is 2.34. The van der Waals surface area contributed by atoms with Gasteiger partial charge in [-0.15, -0.1) is 0 Å². The van der Waals surface area contributed by atoms with E-state index in [-0.39, 0.29) is 129 Å². The number of hydrogen-bond donors (Lipinski definition) is 3. The minimum Gasteiger partial charge on any atom is -0.491 e. The second-order valence-electron chi connectivity index (χ2n) is 27.1. The summed E-state index contributed by atoms with van der Waals surface area (Å²) in [5.74, 6) is -5.95. The van der Waals surface area contributed by atoms with Gasteiger partial charge in [0.15, 0.2) is 11.6 Å². The van der Waals surface area contributed by atoms with Crippen LogP contribution in [-0.2, 0) is 68.7 Å². The Bertz CT molecular complexity index is 3150. The summed E-state index contributed by atoms with van der Waals surface area (Å²) in [6.07, 6.45) is -1.12. The van der Waals surface area contributed by atoms with Crippen LogP contribution in [0.2, 0.25) is 0 Å². The number of carbonyl (C=O) groups is 10. The van der Waals surface area contributed by atoms with Crippen LogP contribution in [0.5, 0.6) is 5.75 Å². The van der Waals surface area contributed by atoms with Crippen molar-refractivity contribution in [3.05, 3.63) is 101 Å². The highest BCUT2D eigenvalue weighted by molar-refractivity contribution is 6.32. The van der Waals surface area contributed by atoms with Crippen molar-refractivity contribution in [3.8, 4) is 5.75 Å². The predicted octanol–water partition coefficient (Wildman–Crippen LogP) is 9.74. The van der Waals surface area contributed by atoms with E-state index < -0.39 is 72.1 Å². The molecule has 3 N–H and O–H groups in total. The van der Waals surface area contributed by atoms with E-state index >= 15 is 0 Å². The number of hydrogen-bond acceptors (Lipinski definition) is 16. The van der Waals surface area contributed by atoms with Crippen molar-refractivity contribution < 1.29 is 76.7 Å². The Hall–Kier alpha value is -7.66. The smallest absolute Gasteiger partial charge is 0.410 e. The molecule has 5 rings (SSSR count). The van der Waals surface area contributed by atoms with Crippen LogP contribution in [-0.4, -0.2) is 170 Å². The molecule has 1 saturated heterocycles. The number of aliphatic hydroxyl groups excluding tert-OH is 1. The third-order valence-corrected chi connectivity index (χ3v) is 19.1. The van der Waals surface area contributed by atoms with Crippen LogP contribution < -0.4 is 20.3 Å². The molecule has 3 aromatic carbocycles. The van der Waals surface area contributed by atoms with Gasteiger partial charge in [-0.25, -0.2) is 9.69 Å². The fraction of sp³-hybridized carbons (Fsp3) is 0.595. The Balaban J connectivity index is 1.10. The van der Waals surface area contributed by atoms with Crippen LogP contribution >= 0.6 is 0 Å². The Morgan fingerprint density at radius 1 is 0.688 bits per heavy atom. The van der Waals surface area contributed by atoms with E-state index in [9.17, 15) is 53.1 Å². The first kappa shape index (κ1) is 79.0. The molecule has 528 valence electrons. The van der Waals surface area contributed by atoms with E-state index in [0.717, 1.165) is 10.5 Å². The van der Waals surface area contributed by atoms with Crippen LogP contribution in [0.25, 0.3) is 0 Å². The first-order valence-corrected chi connectivity index (χ1v) is 33.8. The van der Waals surface area contributed by atoms with E-state index in [4.69, 9.17) is 23.7 Å². The highest BCUT2D eigenvalue weighted by Gasteiger charge is 2.44. The second-order valence-corrected chi connectivity index (χ2v) is 27.1. The van der Waals surface area contributed by atoms with Gasteiger partial charge in [0, 0.05) is 88.7 Å². The molecule has 0 spiro atoms. The molecular formula is C74H106N6O16. The van der Waals surface area contributed by atoms with Crippen molar-refractivity contribution in [2.75, 3.05) is 64.9 Å². The van der Waals surface area contributed by atoms with Crippen LogP contribution in [0.4, 0.5) is 16.2 Å². The number of methoxy groups -OCH3 is 2. The molecule has 2 aliphatic rings. The molecule has 22 nitrogen and oxygen atoms in total. The molecule has 0 aromatic heterocycles. The predicted molar refractivity (Wildman–Crippen MR) is 365 cm³/mol. The summed E-state index contributed by atoms with van der Waals surface area (Å²) in [4.78, 5) is 142. The molecule has 0 bridgehead atoms. The number of likely N-dealkylation sites (N-methyl/N-ethyl adjacent to an activating group) is 2. The van der Waals surface area contributed by atoms with Gasteiger partial charge in [-0.2, -0.15) is 0 Å². The summed E-state index contributed by atoms with van der Waals surface area (Å²) in [6.45, 7) is 23.6. The number of ether oxygens (including phenoxy) is 5. The van der Waals surface area contributed by atoms with Crippen molar-refractivity contribution >= 4 is 70.3 Å². The van der Waals surface area contributed by atoms with E-state index in [1.165, 1.54) is 19.1 Å². The molecule has 12 atom stereocenters. The van der Waals surface area contributed by atoms with Gasteiger partial charge in [-0.1, -0.05) is 125 Å². The lowest BCUT2D eigenvalue weighted by molar-refractivity contribution is -0.149. The molecule has 96 heavy (non-hydrogen) atoms. The van der Waals surface area contributed by atoms with E-state index in [2.05, 4.69) is 10.6 Å². The van der Waals surface area contributed by atoms with E-state index in [1.807, 2.05) is 85.7 Å². The maximum atomic E-state index is 14.9. The van der Waals surface area contributed by atoms with Gasteiger partial charge in [0.25, 0.3) is 11.8 Å². The number of nitrogens with one attached hydrogen (secondary N) is 2. The normalized spacial score (nSPS) is 17.7. The number of anilines is 2. The minimum absolute atomic E-state index is 0.0463. The zero-order valence-electron chi connectivity index (χ0n) is 59.5. The summed E-state index contributed by atoms with van der Waals surface area (Å²) < 4.78 is 29.0. The number of imide groups is 1. The molecular weight excluding hydrogens is 1230 g/mol. The molecule has 0 aliphatic carbocycles. The summed E-state index contributed by atoms with van der Waals surface area (Å²) in [6, 6.07) is 19.5. The molecule has 2 aliphatic heterocycles. The van der Waals surface area contributed by atoms with E-state index in [0.29, 0.717) is 59.6 Å². The van der Waals surface area contributed by atoms with Gasteiger partial charge in [0.05, 0.1) is 61.2 Å². The fourth-order valence-corrected chi connectivity index (χ4v) is 12.9. The van der Waals surface area contributed by atoms with E-state index in [1.54, 1.807) is 107 Å². The Morgan fingerprint density at radius 2 is 1.31 bits per heavy atom. The highest BCUT2D eigenvalue weighted by atomic mass is 16.6. The number of amides is 7. The van der Waals surface area contributed by atoms with Gasteiger partial charge in [-0.05, 0) is 104 Å². The molecule has 0 saturated carbocycles. The van der Waals surface area contributed by atoms with Gasteiger partial charge in [-0.3, -0.25) is 43.2 Å². The number of nitrogens with zero attached hydrogens (tertiary/aromatic N) is 4. The average Bonchev–Trinajstić information content (AvgIpc) is 1.65. The van der Waals surface area contributed by atoms with Crippen molar-refractivity contribution in [2.24, 2.45) is 47.3 Å². The molecule has 22 heteroatoms. The summed E-state index contributed by atoms with van der Waals surface area (Å²) >= 11 is 0. The van der Waals surface area contributed by atoms with Crippen LogP contribution in [0.15, 0.2) is 90.0 Å². The zero-order chi connectivity index (χ0) is 71.4. The lowest BCUT2D eigenvalue weighted by Crippen LogP contribution is -2.54. The third kappa shape index (κ3) is 20.9. The topological polar surface area (TPSA) is 274 Å². The van der Waals surface area contributed by atoms with Crippen molar-refractivity contribution in [2.45, 2.75) is 184 Å². The largest absolute Gasteiger partial charge is 0.491 e. The molecule has 3 aromatic rings. The number of aliphatic hydroxyl groups is 1. The number of carbonyl (C=O) groups excluding carboxylic acids is 10. The standard InChI is InChI=1S/C74H106N6O16/c1-18-46(8)67(62(92-16)40-64(85)79-34-22-25-58(79)69(93-17)51(13)59(81)37-47(9)68(86)53-23-20-19-21-24-53)77(14)73(90)57(43(2)3)39-61(83)66(45(6)7)78(15)74(91)96-41-52-26-28-54(29-27-52)75-70(87)48(10)38-60(82)65(44(4)5)76-63(84)42-94-35-36-95-56-32-30-55(31-33-56)80-71(88)49(11)50(12)72(80)89/h19-21,23-24,26-33,43-48,51,57-58,62,65-69,86H,18,22,25,34-42H2,1-17H3,(H,75,87)(H,76,84)/t46?,47-,48+,51-,57-,58-,62+,65-,66-,67-,68+,69+/m0/s1. The van der Waals surface area contributed by atoms with Crippen molar-refractivity contribution in [3.63, 3.8) is 0 Å². The number of benzene rings is 3. The maximum Gasteiger partial charge on any atom is 0.410 e. The first-order valence-electron chi connectivity index (χ1n) is 33.8. The third-order valence-electron chi connectivity index (χ3n) is 19.1. The molecule has 2 heterocycles. The molecule has 1 fully saturated rings. The van der Waals surface area contributed by atoms with Crippen molar-refractivity contribution in [1.82, 2.24) is 20.0 Å². The maximum absolute atomic E-state index is 14.9. The SMILES string of the molecule is CCC(C)[C@@H]([C@@H](CC(=O)N1CCC[C@H]1[C@H](OC)[C@@H](C)C(=O)C[C@H](C)[C@@H](O)c1ccccc1)OC)N(C)C(=O)[C@@H](CC(=O)[C@H](C(C)C)N(C)C(=O)OCc1ccc(NC(=O)[C@H](C)CC(=O)[C@@H](NC(=O)COCCOc2ccc(N3C(=O)C(C)=C(C)C3=O)cc2)C(C)C)cc1)C(C)C. The minimum atomic E-state index is -0.946. The molecule has 7 amide bonds. The average molecular weight is 1340 g/mol. The van der Waals surface area contributed by atoms with Gasteiger partial charge < -0.3 is 54.1 Å². The fourth-order valence-electron chi connectivity index (χ4n) is 12.9. The van der Waals surface area contributed by atoms with Crippen LogP contribution in [0.1, 0.15) is 152 Å². The van der Waals surface area contributed by atoms with Crippen LogP contribution in [0.3, 0.4) is 0 Å². The zero-order valence-corrected chi connectivity index (χ0v) is 59.5.